The second kappa shape index (κ2) is 9.15. The van der Waals surface area contributed by atoms with Crippen molar-refractivity contribution in [3.05, 3.63) is 12.2 Å². The van der Waals surface area contributed by atoms with Crippen molar-refractivity contribution in [2.75, 3.05) is 6.61 Å². The molecule has 0 spiro atoms. The predicted molar refractivity (Wildman–Crippen MR) is 75.9 cm³/mol. The third-order valence-electron chi connectivity index (χ3n) is 3.08. The largest absolute Gasteiger partial charge is 0.463 e. The topological polar surface area (TPSA) is 44.8 Å². The van der Waals surface area contributed by atoms with Gasteiger partial charge >= 0.3 is 13.1 Å². The van der Waals surface area contributed by atoms with Crippen LogP contribution in [-0.4, -0.2) is 31.9 Å². The van der Waals surface area contributed by atoms with Crippen molar-refractivity contribution < 1.29 is 18.8 Å². The van der Waals surface area contributed by atoms with Gasteiger partial charge in [0.2, 0.25) is 0 Å². The molecule has 0 radical (unpaired) electrons. The molecule has 2 atom stereocenters. The molecule has 5 heteroatoms. The molecule has 0 amide bonds. The van der Waals surface area contributed by atoms with E-state index in [1.54, 1.807) is 13.0 Å². The first-order chi connectivity index (χ1) is 9.21. The van der Waals surface area contributed by atoms with E-state index in [1.807, 2.05) is 0 Å². The number of carbonyl (C=O) groups is 1. The number of ether oxygens (including phenoxy) is 1. The number of carbonyl (C=O) groups excluding carboxylic acids is 1. The van der Waals surface area contributed by atoms with Crippen LogP contribution >= 0.6 is 0 Å². The third kappa shape index (κ3) is 5.79. The van der Waals surface area contributed by atoms with Gasteiger partial charge in [0, 0.05) is 6.08 Å². The molecule has 1 rings (SSSR count). The van der Waals surface area contributed by atoms with Gasteiger partial charge in [-0.1, -0.05) is 33.1 Å². The predicted octanol–water partition coefficient (Wildman–Crippen LogP) is 2.98. The first kappa shape index (κ1) is 16.2. The summed E-state index contributed by atoms with van der Waals surface area (Å²) in [6.45, 7) is 6.45. The zero-order chi connectivity index (χ0) is 14.1. The SMILES string of the molecule is CCCCB1O[C@@H](/C=C/C(=O)OCC)[C@@H](CCC)O1. The van der Waals surface area contributed by atoms with Crippen LogP contribution < -0.4 is 0 Å². The van der Waals surface area contributed by atoms with E-state index >= 15 is 0 Å². The summed E-state index contributed by atoms with van der Waals surface area (Å²) in [5.74, 6) is -0.321. The molecule has 0 aliphatic carbocycles. The molecule has 1 fully saturated rings. The quantitative estimate of drug-likeness (QED) is 0.385. The van der Waals surface area contributed by atoms with Gasteiger partial charge in [-0.05, 0) is 25.7 Å². The molecule has 0 bridgehead atoms. The minimum Gasteiger partial charge on any atom is -0.463 e. The Labute approximate surface area is 116 Å². The molecule has 108 valence electrons. The van der Waals surface area contributed by atoms with Gasteiger partial charge in [0.25, 0.3) is 0 Å². The molecule has 0 unspecified atom stereocenters. The normalized spacial score (nSPS) is 23.2. The summed E-state index contributed by atoms with van der Waals surface area (Å²) in [5, 5.41) is 0. The van der Waals surface area contributed by atoms with Gasteiger partial charge in [-0.3, -0.25) is 0 Å². The maximum Gasteiger partial charge on any atom is 0.457 e. The molecule has 0 saturated carbocycles. The Morgan fingerprint density at radius 3 is 2.68 bits per heavy atom. The number of unbranched alkanes of at least 4 members (excludes halogenated alkanes) is 1. The molecule has 1 heterocycles. The molecule has 1 saturated heterocycles. The van der Waals surface area contributed by atoms with E-state index < -0.39 is 0 Å². The van der Waals surface area contributed by atoms with Gasteiger partial charge in [0.15, 0.2) is 0 Å². The highest BCUT2D eigenvalue weighted by Crippen LogP contribution is 2.24. The van der Waals surface area contributed by atoms with Crippen molar-refractivity contribution in [3.63, 3.8) is 0 Å². The van der Waals surface area contributed by atoms with Gasteiger partial charge in [-0.15, -0.1) is 0 Å². The summed E-state index contributed by atoms with van der Waals surface area (Å²) < 4.78 is 16.6. The molecule has 0 aromatic carbocycles. The van der Waals surface area contributed by atoms with Crippen LogP contribution in [0.25, 0.3) is 0 Å². The van der Waals surface area contributed by atoms with Crippen LogP contribution in [0.4, 0.5) is 0 Å². The van der Waals surface area contributed by atoms with E-state index in [9.17, 15) is 4.79 Å². The summed E-state index contributed by atoms with van der Waals surface area (Å²) in [6, 6.07) is 0. The monoisotopic (exact) mass is 268 g/mol. The molecule has 0 N–H and O–H groups in total. The molecular formula is C14H25BO4. The smallest absolute Gasteiger partial charge is 0.457 e. The maximum absolute atomic E-state index is 11.3. The molecule has 19 heavy (non-hydrogen) atoms. The minimum atomic E-state index is -0.321. The van der Waals surface area contributed by atoms with Crippen molar-refractivity contribution in [3.8, 4) is 0 Å². The Bertz CT molecular complexity index is 293. The van der Waals surface area contributed by atoms with Gasteiger partial charge in [-0.25, -0.2) is 4.79 Å². The van der Waals surface area contributed by atoms with Crippen molar-refractivity contribution >= 4 is 13.1 Å². The Morgan fingerprint density at radius 2 is 2.05 bits per heavy atom. The average molecular weight is 268 g/mol. The lowest BCUT2D eigenvalue weighted by atomic mass is 9.83. The maximum atomic E-state index is 11.3. The summed E-state index contributed by atoms with van der Waals surface area (Å²) in [5.41, 5.74) is 0. The van der Waals surface area contributed by atoms with Crippen LogP contribution in [0.3, 0.4) is 0 Å². The summed E-state index contributed by atoms with van der Waals surface area (Å²) in [4.78, 5) is 11.3. The van der Waals surface area contributed by atoms with Gasteiger partial charge in [0.05, 0.1) is 18.8 Å². The Kier molecular flexibility index (Phi) is 7.83. The molecule has 4 nitrogen and oxygen atoms in total. The van der Waals surface area contributed by atoms with Crippen LogP contribution in [0.5, 0.6) is 0 Å². The lowest BCUT2D eigenvalue weighted by Crippen LogP contribution is -2.20. The second-order valence-electron chi connectivity index (χ2n) is 4.75. The van der Waals surface area contributed by atoms with Crippen LogP contribution in [-0.2, 0) is 18.8 Å². The van der Waals surface area contributed by atoms with E-state index in [-0.39, 0.29) is 25.3 Å². The van der Waals surface area contributed by atoms with E-state index in [4.69, 9.17) is 14.0 Å². The third-order valence-corrected chi connectivity index (χ3v) is 3.08. The zero-order valence-corrected chi connectivity index (χ0v) is 12.3. The molecular weight excluding hydrogens is 243 g/mol. The first-order valence-corrected chi connectivity index (χ1v) is 7.37. The Balaban J connectivity index is 2.50. The standard InChI is InChI=1S/C14H25BO4/c1-4-7-11-15-18-12(8-5-2)13(19-15)9-10-14(16)17-6-3/h9-10,12-13H,4-8,11H2,1-3H3/b10-9+/t12-,13+/m1/s1. The van der Waals surface area contributed by atoms with Crippen molar-refractivity contribution in [2.24, 2.45) is 0 Å². The number of esters is 1. The molecule has 0 aromatic rings. The van der Waals surface area contributed by atoms with Crippen LogP contribution in [0.15, 0.2) is 12.2 Å². The molecule has 1 aliphatic heterocycles. The molecule has 1 aliphatic rings. The minimum absolute atomic E-state index is 0.0533. The van der Waals surface area contributed by atoms with Crippen LogP contribution in [0.1, 0.15) is 46.5 Å². The highest BCUT2D eigenvalue weighted by Gasteiger charge is 2.36. The highest BCUT2D eigenvalue weighted by molar-refractivity contribution is 6.45. The van der Waals surface area contributed by atoms with Crippen molar-refractivity contribution in [2.45, 2.75) is 65.0 Å². The Hall–Kier alpha value is -0.805. The van der Waals surface area contributed by atoms with Crippen molar-refractivity contribution in [1.29, 1.82) is 0 Å². The van der Waals surface area contributed by atoms with Gasteiger partial charge in [-0.2, -0.15) is 0 Å². The number of hydrogen-bond acceptors (Lipinski definition) is 4. The highest BCUT2D eigenvalue weighted by atomic mass is 16.7. The fourth-order valence-corrected chi connectivity index (χ4v) is 2.12. The van der Waals surface area contributed by atoms with E-state index in [0.29, 0.717) is 6.61 Å². The average Bonchev–Trinajstić information content (AvgIpc) is 2.77. The van der Waals surface area contributed by atoms with E-state index in [1.165, 1.54) is 6.08 Å². The summed E-state index contributed by atoms with van der Waals surface area (Å²) in [6.07, 6.45) is 8.26. The number of hydrogen-bond donors (Lipinski definition) is 0. The van der Waals surface area contributed by atoms with Crippen molar-refractivity contribution in [1.82, 2.24) is 0 Å². The number of rotatable bonds is 8. The van der Waals surface area contributed by atoms with Crippen LogP contribution in [0.2, 0.25) is 6.32 Å². The van der Waals surface area contributed by atoms with E-state index in [0.717, 1.165) is 32.0 Å². The van der Waals surface area contributed by atoms with E-state index in [2.05, 4.69) is 13.8 Å². The van der Waals surface area contributed by atoms with Gasteiger partial charge < -0.3 is 14.0 Å². The fourth-order valence-electron chi connectivity index (χ4n) is 2.12. The first-order valence-electron chi connectivity index (χ1n) is 7.37. The Morgan fingerprint density at radius 1 is 1.26 bits per heavy atom. The molecule has 0 aromatic heterocycles. The zero-order valence-electron chi connectivity index (χ0n) is 12.3. The second-order valence-corrected chi connectivity index (χ2v) is 4.75. The lowest BCUT2D eigenvalue weighted by Gasteiger charge is -2.13. The van der Waals surface area contributed by atoms with Gasteiger partial charge in [0.1, 0.15) is 0 Å². The summed E-state index contributed by atoms with van der Waals surface area (Å²) >= 11 is 0. The fraction of sp³-hybridized carbons (Fsp3) is 0.786. The summed E-state index contributed by atoms with van der Waals surface area (Å²) in [7, 11) is -0.131. The lowest BCUT2D eigenvalue weighted by molar-refractivity contribution is -0.137. The van der Waals surface area contributed by atoms with Crippen LogP contribution in [0, 0.1) is 0 Å².